The first kappa shape index (κ1) is 28.3. The van der Waals surface area contributed by atoms with Crippen LogP contribution in [0.15, 0.2) is 53.1 Å². The summed E-state index contributed by atoms with van der Waals surface area (Å²) < 4.78 is 5.64. The Bertz CT molecular complexity index is 1150. The summed E-state index contributed by atoms with van der Waals surface area (Å²) in [5.74, 6) is 1.85. The molecule has 0 radical (unpaired) electrons. The van der Waals surface area contributed by atoms with Crippen molar-refractivity contribution < 1.29 is 19.4 Å². The molecule has 5 nitrogen and oxygen atoms in total. The Kier molecular flexibility index (Phi) is 7.96. The predicted molar refractivity (Wildman–Crippen MR) is 154 cm³/mol. The standard InChI is InChI=1S/C34H47NO4/c1-21-19-26-27-11-12-29(31(37)15-18-35-22(2)32(38)24-9-7-6-8-10-24)33(27,4)17-14-28(26)34(5)16-13-25(20-30(21)34)39-23(3)36/h6-10,12,22,25-28,32,35,38H,11,13-20H2,1-5H3. The first-order valence-electron chi connectivity index (χ1n) is 15.1. The Hall–Kier alpha value is -2.24. The van der Waals surface area contributed by atoms with E-state index in [-0.39, 0.29) is 34.7 Å². The second-order valence-electron chi connectivity index (χ2n) is 13.3. The molecular weight excluding hydrogens is 486 g/mol. The molecule has 0 heterocycles. The quantitative estimate of drug-likeness (QED) is 0.296. The number of hydrogen-bond acceptors (Lipinski definition) is 5. The number of rotatable bonds is 8. The molecule has 8 atom stereocenters. The van der Waals surface area contributed by atoms with Gasteiger partial charge in [-0.05, 0) is 92.1 Å². The molecule has 2 saturated carbocycles. The molecule has 4 aliphatic carbocycles. The average Bonchev–Trinajstić information content (AvgIpc) is 3.26. The summed E-state index contributed by atoms with van der Waals surface area (Å²) in [5.41, 5.74) is 5.12. The fourth-order valence-electron chi connectivity index (χ4n) is 9.02. The molecule has 39 heavy (non-hydrogen) atoms. The van der Waals surface area contributed by atoms with E-state index >= 15 is 0 Å². The van der Waals surface area contributed by atoms with Gasteiger partial charge in [-0.3, -0.25) is 9.59 Å². The zero-order chi connectivity index (χ0) is 27.9. The van der Waals surface area contributed by atoms with Crippen LogP contribution in [0.3, 0.4) is 0 Å². The third kappa shape index (κ3) is 5.17. The van der Waals surface area contributed by atoms with Crippen LogP contribution in [0.25, 0.3) is 0 Å². The van der Waals surface area contributed by atoms with E-state index in [1.165, 1.54) is 12.5 Å². The van der Waals surface area contributed by atoms with Crippen LogP contribution < -0.4 is 5.32 Å². The molecule has 0 bridgehead atoms. The number of ether oxygens (including phenoxy) is 1. The number of carbonyl (C=O) groups is 2. The molecular formula is C34H47NO4. The number of nitrogens with one attached hydrogen (secondary N) is 1. The number of aliphatic hydroxyl groups is 1. The number of hydrogen-bond donors (Lipinski definition) is 2. The number of Topliss-reactive ketones (excluding diaryl/α,β-unsaturated/α-hetero) is 1. The smallest absolute Gasteiger partial charge is 0.302 e. The lowest BCUT2D eigenvalue weighted by Crippen LogP contribution is -2.51. The molecule has 0 saturated heterocycles. The van der Waals surface area contributed by atoms with Gasteiger partial charge in [-0.25, -0.2) is 0 Å². The van der Waals surface area contributed by atoms with Gasteiger partial charge < -0.3 is 15.2 Å². The monoisotopic (exact) mass is 533 g/mol. The number of carbonyl (C=O) groups excluding carboxylic acids is 2. The predicted octanol–water partition coefficient (Wildman–Crippen LogP) is 6.48. The van der Waals surface area contributed by atoms with Gasteiger partial charge in [0.25, 0.3) is 0 Å². The fourth-order valence-corrected chi connectivity index (χ4v) is 9.02. The van der Waals surface area contributed by atoms with E-state index in [4.69, 9.17) is 4.74 Å². The lowest BCUT2D eigenvalue weighted by Gasteiger charge is -2.58. The van der Waals surface area contributed by atoms with E-state index in [9.17, 15) is 14.7 Å². The van der Waals surface area contributed by atoms with Crippen molar-refractivity contribution in [2.24, 2.45) is 28.6 Å². The first-order valence-corrected chi connectivity index (χ1v) is 15.1. The van der Waals surface area contributed by atoms with Crippen LogP contribution in [0, 0.1) is 28.6 Å². The number of fused-ring (bicyclic) bond motifs is 5. The molecule has 1 aromatic carbocycles. The van der Waals surface area contributed by atoms with Crippen molar-refractivity contribution >= 4 is 11.8 Å². The van der Waals surface area contributed by atoms with Gasteiger partial charge in [-0.1, -0.05) is 61.4 Å². The number of benzene rings is 1. The summed E-state index contributed by atoms with van der Waals surface area (Å²) in [6.45, 7) is 11.2. The van der Waals surface area contributed by atoms with Crippen molar-refractivity contribution in [3.63, 3.8) is 0 Å². The van der Waals surface area contributed by atoms with Crippen LogP contribution in [0.2, 0.25) is 0 Å². The second-order valence-corrected chi connectivity index (χ2v) is 13.3. The van der Waals surface area contributed by atoms with Crippen LogP contribution >= 0.6 is 0 Å². The highest BCUT2D eigenvalue weighted by Gasteiger charge is 2.58. The Morgan fingerprint density at radius 3 is 2.51 bits per heavy atom. The van der Waals surface area contributed by atoms with Crippen molar-refractivity contribution in [2.45, 2.75) is 104 Å². The minimum absolute atomic E-state index is 0.0217. The van der Waals surface area contributed by atoms with E-state index in [2.05, 4.69) is 32.2 Å². The second kappa shape index (κ2) is 11.0. The lowest BCUT2D eigenvalue weighted by molar-refractivity contribution is -0.148. The molecule has 1 aromatic rings. The normalized spacial score (nSPS) is 35.3. The molecule has 0 aliphatic heterocycles. The van der Waals surface area contributed by atoms with Crippen molar-refractivity contribution in [2.75, 3.05) is 6.54 Å². The summed E-state index contributed by atoms with van der Waals surface area (Å²) >= 11 is 0. The molecule has 8 unspecified atom stereocenters. The molecule has 212 valence electrons. The molecule has 2 N–H and O–H groups in total. The molecule has 5 heteroatoms. The maximum absolute atomic E-state index is 13.5. The minimum atomic E-state index is -0.595. The van der Waals surface area contributed by atoms with E-state index in [0.717, 1.165) is 56.1 Å². The van der Waals surface area contributed by atoms with Crippen LogP contribution in [0.5, 0.6) is 0 Å². The minimum Gasteiger partial charge on any atom is -0.462 e. The van der Waals surface area contributed by atoms with Gasteiger partial charge in [0.2, 0.25) is 0 Å². The van der Waals surface area contributed by atoms with Gasteiger partial charge in [0.05, 0.1) is 6.10 Å². The summed E-state index contributed by atoms with van der Waals surface area (Å²) in [4.78, 5) is 25.2. The van der Waals surface area contributed by atoms with Crippen molar-refractivity contribution in [1.29, 1.82) is 0 Å². The maximum Gasteiger partial charge on any atom is 0.302 e. The highest BCUT2D eigenvalue weighted by molar-refractivity contribution is 5.97. The number of allylic oxidation sites excluding steroid dienone is 3. The zero-order valence-corrected chi connectivity index (χ0v) is 24.5. The molecule has 5 rings (SSSR count). The summed E-state index contributed by atoms with van der Waals surface area (Å²) in [6, 6.07) is 9.57. The Balaban J connectivity index is 1.23. The number of esters is 1. The van der Waals surface area contributed by atoms with Gasteiger partial charge >= 0.3 is 5.97 Å². The zero-order valence-electron chi connectivity index (χ0n) is 24.5. The highest BCUT2D eigenvalue weighted by Crippen LogP contribution is 2.66. The summed E-state index contributed by atoms with van der Waals surface area (Å²) in [6.07, 6.45) is 9.42. The number of ketones is 1. The van der Waals surface area contributed by atoms with E-state index < -0.39 is 6.10 Å². The maximum atomic E-state index is 13.5. The van der Waals surface area contributed by atoms with Crippen LogP contribution in [0.1, 0.15) is 97.7 Å². The largest absolute Gasteiger partial charge is 0.462 e. The highest BCUT2D eigenvalue weighted by atomic mass is 16.5. The molecule has 2 fully saturated rings. The number of aliphatic hydroxyl groups excluding tert-OH is 1. The SMILES string of the molecule is CC(=O)OC1CCC2(C)C(=C(C)CC3C4CC=C(C(=O)CCNC(C)C(O)c5ccccc5)C4(C)CCC32)C1. The Morgan fingerprint density at radius 1 is 1.08 bits per heavy atom. The van der Waals surface area contributed by atoms with Gasteiger partial charge in [0.15, 0.2) is 5.78 Å². The molecule has 0 amide bonds. The molecule has 0 aromatic heterocycles. The summed E-state index contributed by atoms with van der Waals surface area (Å²) in [7, 11) is 0. The topological polar surface area (TPSA) is 75.6 Å². The first-order chi connectivity index (χ1) is 18.5. The molecule has 4 aliphatic rings. The van der Waals surface area contributed by atoms with E-state index in [0.29, 0.717) is 30.7 Å². The molecule has 0 spiro atoms. The van der Waals surface area contributed by atoms with Crippen molar-refractivity contribution in [1.82, 2.24) is 5.32 Å². The summed E-state index contributed by atoms with van der Waals surface area (Å²) in [5, 5.41) is 14.1. The fraction of sp³-hybridized carbons (Fsp3) is 0.647. The van der Waals surface area contributed by atoms with Crippen LogP contribution in [-0.2, 0) is 14.3 Å². The Labute approximate surface area is 234 Å². The lowest BCUT2D eigenvalue weighted by atomic mass is 9.46. The third-order valence-corrected chi connectivity index (χ3v) is 11.1. The van der Waals surface area contributed by atoms with Crippen LogP contribution in [0.4, 0.5) is 0 Å². The van der Waals surface area contributed by atoms with Gasteiger partial charge in [-0.2, -0.15) is 0 Å². The van der Waals surface area contributed by atoms with Gasteiger partial charge in [0.1, 0.15) is 6.10 Å². The van der Waals surface area contributed by atoms with Gasteiger partial charge in [-0.15, -0.1) is 0 Å². The van der Waals surface area contributed by atoms with Gasteiger partial charge in [0, 0.05) is 32.4 Å². The van der Waals surface area contributed by atoms with Crippen LogP contribution in [-0.4, -0.2) is 35.5 Å². The van der Waals surface area contributed by atoms with E-state index in [1.54, 1.807) is 5.57 Å². The third-order valence-electron chi connectivity index (χ3n) is 11.1. The van der Waals surface area contributed by atoms with Crippen molar-refractivity contribution in [3.8, 4) is 0 Å². The van der Waals surface area contributed by atoms with E-state index in [1.807, 2.05) is 37.3 Å². The Morgan fingerprint density at radius 2 is 1.79 bits per heavy atom. The van der Waals surface area contributed by atoms with Crippen molar-refractivity contribution in [3.05, 3.63) is 58.7 Å². The average molecular weight is 534 g/mol.